The van der Waals surface area contributed by atoms with Crippen molar-refractivity contribution in [3.8, 4) is 0 Å². The maximum atomic E-state index is 10.8. The minimum Gasteiger partial charge on any atom is -1.00 e. The van der Waals surface area contributed by atoms with Gasteiger partial charge in [-0.1, -0.05) is 0 Å². The standard InChI is InChI=1S/C8H14N2O4.2ClH/c9-3-5-13-7(11)1-2-8(12)14-6-4-10;;/h1-2H,3-6,9-10H2;2*1H/b2-1-;;. The molecule has 0 spiro atoms. The average Bonchev–Trinajstić information content (AvgIpc) is 2.20. The van der Waals surface area contributed by atoms with Gasteiger partial charge in [0.25, 0.3) is 0 Å². The minimum atomic E-state index is -0.569. The van der Waals surface area contributed by atoms with Gasteiger partial charge in [0.1, 0.15) is 26.3 Å². The number of esters is 2. The molecule has 0 aromatic rings. The van der Waals surface area contributed by atoms with Crippen LogP contribution in [0.4, 0.5) is 0 Å². The third-order valence-corrected chi connectivity index (χ3v) is 1.13. The van der Waals surface area contributed by atoms with Crippen LogP contribution in [-0.2, 0) is 19.1 Å². The van der Waals surface area contributed by atoms with Crippen molar-refractivity contribution in [3.63, 3.8) is 0 Å². The lowest BCUT2D eigenvalue weighted by molar-refractivity contribution is -0.372. The van der Waals surface area contributed by atoms with Crippen LogP contribution >= 0.6 is 0 Å². The van der Waals surface area contributed by atoms with Crippen molar-refractivity contribution in [3.05, 3.63) is 12.2 Å². The van der Waals surface area contributed by atoms with Gasteiger partial charge in [0.05, 0.1) is 0 Å². The van der Waals surface area contributed by atoms with E-state index in [1.54, 1.807) is 0 Å². The molecule has 0 saturated heterocycles. The predicted molar refractivity (Wildman–Crippen MR) is 46.6 cm³/mol. The van der Waals surface area contributed by atoms with E-state index < -0.39 is 11.9 Å². The van der Waals surface area contributed by atoms with Crippen LogP contribution in [0, 0.1) is 0 Å². The third kappa shape index (κ3) is 13.2. The van der Waals surface area contributed by atoms with Gasteiger partial charge >= 0.3 is 11.9 Å². The second kappa shape index (κ2) is 14.2. The van der Waals surface area contributed by atoms with Crippen LogP contribution in [-0.4, -0.2) is 38.2 Å². The molecule has 0 aliphatic heterocycles. The molecule has 96 valence electrons. The fraction of sp³-hybridized carbons (Fsp3) is 0.500. The Bertz CT molecular complexity index is 202. The number of hydrogen-bond acceptors (Lipinski definition) is 4. The Morgan fingerprint density at radius 2 is 1.19 bits per heavy atom. The first-order valence-electron chi connectivity index (χ1n) is 4.30. The van der Waals surface area contributed by atoms with Crippen molar-refractivity contribution < 1.29 is 55.3 Å². The molecule has 0 rings (SSSR count). The van der Waals surface area contributed by atoms with Gasteiger partial charge in [-0.25, -0.2) is 9.59 Å². The molecule has 6 nitrogen and oxygen atoms in total. The summed E-state index contributed by atoms with van der Waals surface area (Å²) in [4.78, 5) is 21.6. The van der Waals surface area contributed by atoms with Crippen molar-refractivity contribution in [2.45, 2.75) is 0 Å². The normalized spacial score (nSPS) is 8.88. The Kier molecular flexibility index (Phi) is 18.2. The molecule has 16 heavy (non-hydrogen) atoms. The van der Waals surface area contributed by atoms with E-state index in [1.165, 1.54) is 0 Å². The summed E-state index contributed by atoms with van der Waals surface area (Å²) in [6.07, 6.45) is 2.06. The molecular formula is C8H16Cl2N2O4. The molecule has 0 unspecified atom stereocenters. The van der Waals surface area contributed by atoms with E-state index in [0.29, 0.717) is 13.1 Å². The SMILES string of the molecule is [Cl-].[Cl-].[NH3+]CCOC(=O)/C=C\C(=O)OCC[NH3+]. The molecule has 0 aliphatic rings. The Hall–Kier alpha value is -0.820. The second-order valence-electron chi connectivity index (χ2n) is 2.38. The maximum absolute atomic E-state index is 10.8. The molecule has 0 bridgehead atoms. The van der Waals surface area contributed by atoms with Gasteiger partial charge in [-0.2, -0.15) is 0 Å². The zero-order chi connectivity index (χ0) is 10.8. The number of halogens is 2. The van der Waals surface area contributed by atoms with Gasteiger partial charge in [-0.3, -0.25) is 0 Å². The van der Waals surface area contributed by atoms with Gasteiger partial charge in [0.2, 0.25) is 0 Å². The van der Waals surface area contributed by atoms with E-state index >= 15 is 0 Å². The molecular weight excluding hydrogens is 259 g/mol. The Balaban J connectivity index is -0.000000845. The Morgan fingerprint density at radius 1 is 0.875 bits per heavy atom. The van der Waals surface area contributed by atoms with Crippen LogP contribution in [0.5, 0.6) is 0 Å². The first-order valence-corrected chi connectivity index (χ1v) is 4.30. The topological polar surface area (TPSA) is 108 Å². The summed E-state index contributed by atoms with van der Waals surface area (Å²) >= 11 is 0. The van der Waals surface area contributed by atoms with E-state index in [1.807, 2.05) is 0 Å². The molecule has 8 heteroatoms. The largest absolute Gasteiger partial charge is 1.00 e. The first-order chi connectivity index (χ1) is 6.70. The lowest BCUT2D eigenvalue weighted by Crippen LogP contribution is -3.00. The number of hydrogen-bond donors (Lipinski definition) is 2. The molecule has 0 heterocycles. The zero-order valence-corrected chi connectivity index (χ0v) is 10.3. The summed E-state index contributed by atoms with van der Waals surface area (Å²) in [5.41, 5.74) is 6.99. The van der Waals surface area contributed by atoms with Crippen LogP contribution in [0.1, 0.15) is 0 Å². The van der Waals surface area contributed by atoms with Gasteiger partial charge in [0.15, 0.2) is 0 Å². The van der Waals surface area contributed by atoms with Crippen molar-refractivity contribution in [1.29, 1.82) is 0 Å². The minimum absolute atomic E-state index is 0. The van der Waals surface area contributed by atoms with E-state index in [4.69, 9.17) is 0 Å². The van der Waals surface area contributed by atoms with Crippen LogP contribution in [0.15, 0.2) is 12.2 Å². The Morgan fingerprint density at radius 3 is 1.44 bits per heavy atom. The summed E-state index contributed by atoms with van der Waals surface area (Å²) in [5, 5.41) is 0. The predicted octanol–water partition coefficient (Wildman–Crippen LogP) is -8.88. The van der Waals surface area contributed by atoms with Crippen molar-refractivity contribution in [1.82, 2.24) is 0 Å². The van der Waals surface area contributed by atoms with Gasteiger partial charge in [-0.15, -0.1) is 0 Å². The fourth-order valence-corrected chi connectivity index (χ4v) is 0.578. The highest BCUT2D eigenvalue weighted by molar-refractivity contribution is 5.91. The molecule has 0 aromatic carbocycles. The van der Waals surface area contributed by atoms with E-state index in [-0.39, 0.29) is 38.0 Å². The lowest BCUT2D eigenvalue weighted by Gasteiger charge is -1.97. The van der Waals surface area contributed by atoms with Crippen LogP contribution in [0.2, 0.25) is 0 Å². The maximum Gasteiger partial charge on any atom is 0.331 e. The van der Waals surface area contributed by atoms with E-state index in [2.05, 4.69) is 20.9 Å². The molecule has 6 N–H and O–H groups in total. The second-order valence-corrected chi connectivity index (χ2v) is 2.38. The number of ether oxygens (including phenoxy) is 2. The summed E-state index contributed by atoms with van der Waals surface area (Å²) in [6.45, 7) is 1.51. The molecule has 0 amide bonds. The van der Waals surface area contributed by atoms with Crippen LogP contribution in [0.3, 0.4) is 0 Å². The summed E-state index contributed by atoms with van der Waals surface area (Å²) in [6, 6.07) is 0. The number of quaternary nitrogens is 2. The number of carbonyl (C=O) groups excluding carboxylic acids is 2. The van der Waals surface area contributed by atoms with Crippen molar-refractivity contribution in [2.24, 2.45) is 0 Å². The summed E-state index contributed by atoms with van der Waals surface area (Å²) in [7, 11) is 0. The smallest absolute Gasteiger partial charge is 0.331 e. The molecule has 0 radical (unpaired) electrons. The lowest BCUT2D eigenvalue weighted by atomic mass is 10.5. The van der Waals surface area contributed by atoms with E-state index in [9.17, 15) is 9.59 Å². The number of carbonyl (C=O) groups is 2. The third-order valence-electron chi connectivity index (χ3n) is 1.13. The monoisotopic (exact) mass is 274 g/mol. The molecule has 0 atom stereocenters. The molecule has 0 aromatic heterocycles. The van der Waals surface area contributed by atoms with E-state index in [0.717, 1.165) is 12.2 Å². The first kappa shape index (κ1) is 20.6. The van der Waals surface area contributed by atoms with Gasteiger partial charge in [-0.05, 0) is 0 Å². The van der Waals surface area contributed by atoms with Crippen LogP contribution < -0.4 is 36.3 Å². The van der Waals surface area contributed by atoms with Crippen LogP contribution in [0.25, 0.3) is 0 Å². The molecule has 0 fully saturated rings. The zero-order valence-electron chi connectivity index (χ0n) is 8.79. The fourth-order valence-electron chi connectivity index (χ4n) is 0.578. The molecule has 0 aliphatic carbocycles. The highest BCUT2D eigenvalue weighted by Gasteiger charge is 2.00. The summed E-state index contributed by atoms with van der Waals surface area (Å²) < 4.78 is 9.28. The highest BCUT2D eigenvalue weighted by atomic mass is 35.5. The Labute approximate surface area is 106 Å². The summed E-state index contributed by atoms with van der Waals surface area (Å²) in [5.74, 6) is -1.14. The van der Waals surface area contributed by atoms with Crippen molar-refractivity contribution >= 4 is 11.9 Å². The van der Waals surface area contributed by atoms with Gasteiger partial charge in [0, 0.05) is 12.2 Å². The number of rotatable bonds is 6. The van der Waals surface area contributed by atoms with Gasteiger partial charge < -0.3 is 45.8 Å². The average molecular weight is 275 g/mol. The molecule has 0 saturated carbocycles. The highest BCUT2D eigenvalue weighted by Crippen LogP contribution is 1.84. The van der Waals surface area contributed by atoms with Crippen molar-refractivity contribution in [2.75, 3.05) is 26.3 Å². The quantitative estimate of drug-likeness (QED) is 0.370.